The van der Waals surface area contributed by atoms with Crippen molar-refractivity contribution in [1.82, 2.24) is 10.1 Å². The lowest BCUT2D eigenvalue weighted by atomic mass is 10.1. The van der Waals surface area contributed by atoms with Crippen molar-refractivity contribution in [2.75, 3.05) is 31.1 Å². The number of nitrogens with zero attached hydrogens (tertiary/aromatic N) is 2. The molecule has 2 aromatic rings. The molecule has 4 nitrogen and oxygen atoms in total. The second-order valence-corrected chi connectivity index (χ2v) is 7.09. The zero-order chi connectivity index (χ0) is 17.6. The van der Waals surface area contributed by atoms with Crippen LogP contribution in [-0.4, -0.2) is 32.4 Å². The minimum Gasteiger partial charge on any atom is -0.368 e. The van der Waals surface area contributed by atoms with Crippen molar-refractivity contribution >= 4 is 35.5 Å². The molecule has 1 heterocycles. The van der Waals surface area contributed by atoms with E-state index in [9.17, 15) is 4.39 Å². The van der Waals surface area contributed by atoms with Gasteiger partial charge in [-0.25, -0.2) is 9.22 Å². The number of halogens is 2. The topological polar surface area (TPSA) is 39.7 Å². The van der Waals surface area contributed by atoms with E-state index in [1.165, 1.54) is 23.6 Å². The van der Waals surface area contributed by atoms with Crippen molar-refractivity contribution in [1.29, 1.82) is 0 Å². The first-order chi connectivity index (χ1) is 12.1. The van der Waals surface area contributed by atoms with Crippen LogP contribution in [0.3, 0.4) is 0 Å². The van der Waals surface area contributed by atoms with Crippen LogP contribution in [-0.2, 0) is 0 Å². The number of hydrazone groups is 1. The predicted octanol–water partition coefficient (Wildman–Crippen LogP) is 3.83. The maximum Gasteiger partial charge on any atom is 0.143 e. The largest absolute Gasteiger partial charge is 0.368 e. The fourth-order valence-corrected chi connectivity index (χ4v) is 3.27. The number of anilines is 1. The molecule has 0 bridgehead atoms. The molecule has 0 aromatic heterocycles. The van der Waals surface area contributed by atoms with Crippen LogP contribution in [0.25, 0.3) is 0 Å². The van der Waals surface area contributed by atoms with E-state index in [-0.39, 0.29) is 5.02 Å². The number of rotatable bonds is 5. The molecule has 0 saturated carbocycles. The van der Waals surface area contributed by atoms with Crippen LogP contribution in [0, 0.1) is 12.7 Å². The molecular formula is C18H20ClFN4S. The highest BCUT2D eigenvalue weighted by molar-refractivity contribution is 7.97. The van der Waals surface area contributed by atoms with Gasteiger partial charge in [0.2, 0.25) is 0 Å². The molecule has 0 aliphatic carbocycles. The van der Waals surface area contributed by atoms with Gasteiger partial charge >= 0.3 is 0 Å². The molecular weight excluding hydrogens is 359 g/mol. The van der Waals surface area contributed by atoms with Gasteiger partial charge in [-0.1, -0.05) is 29.3 Å². The average molecular weight is 379 g/mol. The molecule has 2 N–H and O–H groups in total. The quantitative estimate of drug-likeness (QED) is 0.471. The first kappa shape index (κ1) is 18.0. The van der Waals surface area contributed by atoms with Crippen molar-refractivity contribution in [2.45, 2.75) is 11.8 Å². The Morgan fingerprint density at radius 3 is 2.68 bits per heavy atom. The van der Waals surface area contributed by atoms with Crippen LogP contribution in [0.5, 0.6) is 0 Å². The Balaban J connectivity index is 1.71. The zero-order valence-corrected chi connectivity index (χ0v) is 15.5. The standard InChI is InChI=1S/C18H20ClFN4S/c1-13-2-4-15(5-3-13)25-23-22-12-14-10-16(19)17(20)11-18(14)24-8-6-21-7-9-24/h2-5,10-12,21,23H,6-9H2,1H3/b22-12+. The van der Waals surface area contributed by atoms with Crippen molar-refractivity contribution < 1.29 is 4.39 Å². The SMILES string of the molecule is Cc1ccc(SN/N=C/c2cc(Cl)c(F)cc2N2CCNCC2)cc1. The molecule has 1 aliphatic rings. The number of aryl methyl sites for hydroxylation is 1. The molecule has 7 heteroatoms. The lowest BCUT2D eigenvalue weighted by Crippen LogP contribution is -2.44. The second-order valence-electron chi connectivity index (χ2n) is 5.83. The third-order valence-corrected chi connectivity index (χ3v) is 4.96. The maximum absolute atomic E-state index is 13.9. The Kier molecular flexibility index (Phi) is 6.18. The number of piperazine rings is 1. The van der Waals surface area contributed by atoms with Gasteiger partial charge in [-0.3, -0.25) is 0 Å². The van der Waals surface area contributed by atoms with Gasteiger partial charge in [-0.2, -0.15) is 5.10 Å². The van der Waals surface area contributed by atoms with Gasteiger partial charge < -0.3 is 10.2 Å². The van der Waals surface area contributed by atoms with Gasteiger partial charge in [0.1, 0.15) is 5.82 Å². The number of nitrogens with one attached hydrogen (secondary N) is 2. The molecule has 1 fully saturated rings. The van der Waals surface area contributed by atoms with Gasteiger partial charge in [0, 0.05) is 54.3 Å². The van der Waals surface area contributed by atoms with Crippen LogP contribution >= 0.6 is 23.5 Å². The summed E-state index contributed by atoms with van der Waals surface area (Å²) in [6, 6.07) is 11.3. The highest BCUT2D eigenvalue weighted by Gasteiger charge is 2.16. The summed E-state index contributed by atoms with van der Waals surface area (Å²) >= 11 is 7.37. The fourth-order valence-electron chi connectivity index (χ4n) is 2.62. The Morgan fingerprint density at radius 2 is 1.96 bits per heavy atom. The van der Waals surface area contributed by atoms with Crippen LogP contribution < -0.4 is 15.0 Å². The number of hydrogen-bond acceptors (Lipinski definition) is 5. The van der Waals surface area contributed by atoms with E-state index in [2.05, 4.69) is 39.2 Å². The minimum absolute atomic E-state index is 0.103. The van der Waals surface area contributed by atoms with E-state index >= 15 is 0 Å². The van der Waals surface area contributed by atoms with E-state index in [4.69, 9.17) is 11.6 Å². The highest BCUT2D eigenvalue weighted by Crippen LogP contribution is 2.26. The highest BCUT2D eigenvalue weighted by atomic mass is 35.5. The molecule has 0 amide bonds. The summed E-state index contributed by atoms with van der Waals surface area (Å²) in [6.07, 6.45) is 1.68. The van der Waals surface area contributed by atoms with Crippen molar-refractivity contribution in [2.24, 2.45) is 5.10 Å². The third-order valence-electron chi connectivity index (χ3n) is 3.97. The van der Waals surface area contributed by atoms with E-state index in [1.54, 1.807) is 12.3 Å². The van der Waals surface area contributed by atoms with Gasteiger partial charge in [0.05, 0.1) is 11.2 Å². The number of hydrogen-bond donors (Lipinski definition) is 2. The molecule has 0 unspecified atom stereocenters. The van der Waals surface area contributed by atoms with Gasteiger partial charge in [0.15, 0.2) is 0 Å². The molecule has 2 aromatic carbocycles. The van der Waals surface area contributed by atoms with Crippen molar-refractivity contribution in [3.05, 3.63) is 58.4 Å². The third kappa shape index (κ3) is 4.87. The summed E-state index contributed by atoms with van der Waals surface area (Å²) < 4.78 is 13.9. The Hall–Kier alpha value is -1.76. The summed E-state index contributed by atoms with van der Waals surface area (Å²) in [6.45, 7) is 5.46. The molecule has 25 heavy (non-hydrogen) atoms. The van der Waals surface area contributed by atoms with Crippen LogP contribution in [0.15, 0.2) is 46.4 Å². The Morgan fingerprint density at radius 1 is 1.24 bits per heavy atom. The average Bonchev–Trinajstić information content (AvgIpc) is 2.63. The molecule has 1 aliphatic heterocycles. The fraction of sp³-hybridized carbons (Fsp3) is 0.278. The molecule has 1 saturated heterocycles. The predicted molar refractivity (Wildman–Crippen MR) is 104 cm³/mol. The smallest absolute Gasteiger partial charge is 0.143 e. The van der Waals surface area contributed by atoms with Crippen LogP contribution in [0.4, 0.5) is 10.1 Å². The molecule has 132 valence electrons. The second kappa shape index (κ2) is 8.56. The summed E-state index contributed by atoms with van der Waals surface area (Å²) in [5, 5.41) is 7.65. The number of benzene rings is 2. The summed E-state index contributed by atoms with van der Waals surface area (Å²) in [5.74, 6) is -0.408. The minimum atomic E-state index is -0.408. The van der Waals surface area contributed by atoms with Crippen LogP contribution in [0.2, 0.25) is 5.02 Å². The summed E-state index contributed by atoms with van der Waals surface area (Å²) in [5.41, 5.74) is 2.83. The summed E-state index contributed by atoms with van der Waals surface area (Å²) in [4.78, 5) is 6.17. The van der Waals surface area contributed by atoms with E-state index in [0.29, 0.717) is 0 Å². The maximum atomic E-state index is 13.9. The van der Waals surface area contributed by atoms with E-state index in [0.717, 1.165) is 42.3 Å². The molecule has 0 spiro atoms. The summed E-state index contributed by atoms with van der Waals surface area (Å²) in [7, 11) is 0. The Bertz CT molecular complexity index is 745. The normalized spacial score (nSPS) is 14.9. The van der Waals surface area contributed by atoms with Gasteiger partial charge in [-0.05, 0) is 31.2 Å². The molecule has 3 rings (SSSR count). The Labute approximate surface area is 156 Å². The van der Waals surface area contributed by atoms with Crippen LogP contribution in [0.1, 0.15) is 11.1 Å². The monoisotopic (exact) mass is 378 g/mol. The van der Waals surface area contributed by atoms with E-state index in [1.807, 2.05) is 12.1 Å². The zero-order valence-electron chi connectivity index (χ0n) is 13.9. The molecule has 0 atom stereocenters. The van der Waals surface area contributed by atoms with Gasteiger partial charge in [-0.15, -0.1) is 0 Å². The lowest BCUT2D eigenvalue weighted by Gasteiger charge is -2.30. The van der Waals surface area contributed by atoms with Gasteiger partial charge in [0.25, 0.3) is 0 Å². The first-order valence-corrected chi connectivity index (χ1v) is 9.29. The lowest BCUT2D eigenvalue weighted by molar-refractivity contribution is 0.584. The van der Waals surface area contributed by atoms with E-state index < -0.39 is 5.82 Å². The first-order valence-electron chi connectivity index (χ1n) is 8.10. The molecule has 0 radical (unpaired) electrons. The van der Waals surface area contributed by atoms with Crippen molar-refractivity contribution in [3.8, 4) is 0 Å². The van der Waals surface area contributed by atoms with Crippen molar-refractivity contribution in [3.63, 3.8) is 0 Å².